The zero-order valence-corrected chi connectivity index (χ0v) is 37.4. The Balaban J connectivity index is 4.26. The number of likely N-dealkylation sites (N-methyl/N-ethyl adjacent to an activating group) is 1. The van der Waals surface area contributed by atoms with Gasteiger partial charge in [-0.25, -0.2) is 0 Å². The van der Waals surface area contributed by atoms with Crippen LogP contribution in [-0.4, -0.2) is 92.4 Å². The van der Waals surface area contributed by atoms with Crippen LogP contribution in [0.4, 0.5) is 0 Å². The molecule has 0 saturated carbocycles. The molecule has 56 heavy (non-hydrogen) atoms. The Kier molecular flexibility index (Phi) is 39.4. The summed E-state index contributed by atoms with van der Waals surface area (Å²) in [6, 6.07) is 0. The van der Waals surface area contributed by atoms with Crippen molar-refractivity contribution in [3.8, 4) is 0 Å². The SMILES string of the molecule is CCCCCCCCC=CCCCCCCCC(=O)OCCN(CCOC(=O)CCCCCCCC=CCCCCCCCC)C(=O)CCC[N+](C)(C)CCO. The van der Waals surface area contributed by atoms with E-state index < -0.39 is 0 Å². The van der Waals surface area contributed by atoms with E-state index in [2.05, 4.69) is 38.2 Å². The van der Waals surface area contributed by atoms with Gasteiger partial charge in [0, 0.05) is 25.7 Å². The summed E-state index contributed by atoms with van der Waals surface area (Å²) in [4.78, 5) is 39.7. The van der Waals surface area contributed by atoms with Gasteiger partial charge in [0.25, 0.3) is 0 Å². The van der Waals surface area contributed by atoms with E-state index in [1.54, 1.807) is 4.90 Å². The lowest BCUT2D eigenvalue weighted by Crippen LogP contribution is -2.43. The lowest BCUT2D eigenvalue weighted by molar-refractivity contribution is -0.890. The van der Waals surface area contributed by atoms with Gasteiger partial charge in [-0.05, 0) is 64.2 Å². The van der Waals surface area contributed by atoms with E-state index in [0.717, 1.165) is 57.9 Å². The van der Waals surface area contributed by atoms with Gasteiger partial charge in [-0.3, -0.25) is 14.4 Å². The van der Waals surface area contributed by atoms with E-state index in [1.165, 1.54) is 116 Å². The molecule has 0 aliphatic heterocycles. The average Bonchev–Trinajstić information content (AvgIpc) is 3.17. The normalized spacial score (nSPS) is 11.9. The van der Waals surface area contributed by atoms with Crippen LogP contribution in [0.5, 0.6) is 0 Å². The minimum absolute atomic E-state index is 0.0318. The molecule has 8 nitrogen and oxygen atoms in total. The third-order valence-corrected chi connectivity index (χ3v) is 10.7. The largest absolute Gasteiger partial charge is 0.464 e. The summed E-state index contributed by atoms with van der Waals surface area (Å²) < 4.78 is 11.7. The molecule has 1 amide bonds. The number of nitrogens with zero attached hydrogens (tertiary/aromatic N) is 2. The summed E-state index contributed by atoms with van der Waals surface area (Å²) in [5, 5.41) is 9.33. The number of hydrogen-bond acceptors (Lipinski definition) is 6. The summed E-state index contributed by atoms with van der Waals surface area (Å²) in [7, 11) is 4.09. The smallest absolute Gasteiger partial charge is 0.305 e. The second-order valence-corrected chi connectivity index (χ2v) is 16.7. The van der Waals surface area contributed by atoms with Gasteiger partial charge in [-0.1, -0.05) is 141 Å². The number of amides is 1. The van der Waals surface area contributed by atoms with Crippen LogP contribution in [0, 0.1) is 0 Å². The second kappa shape index (κ2) is 41.0. The highest BCUT2D eigenvalue weighted by molar-refractivity contribution is 5.76. The molecule has 0 aliphatic carbocycles. The molecule has 0 unspecified atom stereocenters. The molecular weight excluding hydrogens is 701 g/mol. The standard InChI is InChI=1S/C48H91N2O6/c1-5-7-9-11-13-15-17-19-21-23-25-27-29-31-33-37-47(53)55-44-39-49(46(52)36-35-41-50(3,4)42-43-51)40-45-56-48(54)38-34-32-30-28-26-24-22-20-18-16-14-12-10-8-6-2/h19-22,51H,5-18,23-45H2,1-4H3/q+1. The number of esters is 2. The van der Waals surface area contributed by atoms with Gasteiger partial charge < -0.3 is 24.0 Å². The van der Waals surface area contributed by atoms with Crippen molar-refractivity contribution in [3.05, 3.63) is 24.3 Å². The molecule has 1 N–H and O–H groups in total. The van der Waals surface area contributed by atoms with E-state index in [4.69, 9.17) is 9.47 Å². The molecule has 0 heterocycles. The lowest BCUT2D eigenvalue weighted by atomic mass is 10.1. The first-order valence-electron chi connectivity index (χ1n) is 23.6. The Hall–Kier alpha value is -2.19. The quantitative estimate of drug-likeness (QED) is 0.0286. The van der Waals surface area contributed by atoms with E-state index in [0.29, 0.717) is 36.7 Å². The Morgan fingerprint density at radius 2 is 0.839 bits per heavy atom. The lowest BCUT2D eigenvalue weighted by Gasteiger charge is -2.29. The van der Waals surface area contributed by atoms with Gasteiger partial charge in [0.1, 0.15) is 19.8 Å². The van der Waals surface area contributed by atoms with Crippen molar-refractivity contribution in [2.45, 2.75) is 206 Å². The summed E-state index contributed by atoms with van der Waals surface area (Å²) in [6.07, 6.45) is 42.8. The minimum Gasteiger partial charge on any atom is -0.464 e. The average molecular weight is 792 g/mol. The molecular formula is C48H91N2O6+. The van der Waals surface area contributed by atoms with Crippen molar-refractivity contribution in [1.29, 1.82) is 0 Å². The number of carbonyl (C=O) groups excluding carboxylic acids is 3. The van der Waals surface area contributed by atoms with Crippen LogP contribution < -0.4 is 0 Å². The maximum atomic E-state index is 13.2. The van der Waals surface area contributed by atoms with Crippen LogP contribution in [0.3, 0.4) is 0 Å². The molecule has 328 valence electrons. The number of hydrogen-bond donors (Lipinski definition) is 1. The molecule has 0 spiro atoms. The van der Waals surface area contributed by atoms with Crippen molar-refractivity contribution in [3.63, 3.8) is 0 Å². The van der Waals surface area contributed by atoms with Gasteiger partial charge in [-0.15, -0.1) is 0 Å². The van der Waals surface area contributed by atoms with Crippen molar-refractivity contribution in [2.24, 2.45) is 0 Å². The van der Waals surface area contributed by atoms with Crippen LogP contribution in [0.25, 0.3) is 0 Å². The topological polar surface area (TPSA) is 93.1 Å². The third kappa shape index (κ3) is 38.7. The highest BCUT2D eigenvalue weighted by Crippen LogP contribution is 2.13. The molecule has 0 saturated heterocycles. The number of aliphatic hydroxyl groups is 1. The fourth-order valence-electron chi connectivity index (χ4n) is 6.92. The van der Waals surface area contributed by atoms with E-state index >= 15 is 0 Å². The van der Waals surface area contributed by atoms with Gasteiger partial charge >= 0.3 is 11.9 Å². The number of allylic oxidation sites excluding steroid dienone is 4. The fraction of sp³-hybridized carbons (Fsp3) is 0.854. The third-order valence-electron chi connectivity index (χ3n) is 10.7. The van der Waals surface area contributed by atoms with Gasteiger partial charge in [0.2, 0.25) is 5.91 Å². The summed E-state index contributed by atoms with van der Waals surface area (Å²) in [6.45, 7) is 6.90. The van der Waals surface area contributed by atoms with Crippen LogP contribution >= 0.6 is 0 Å². The minimum atomic E-state index is -0.218. The summed E-state index contributed by atoms with van der Waals surface area (Å²) in [5.41, 5.74) is 0. The number of unbranched alkanes of at least 4 members (excludes halogenated alkanes) is 22. The van der Waals surface area contributed by atoms with E-state index in [-0.39, 0.29) is 50.8 Å². The molecule has 8 heteroatoms. The van der Waals surface area contributed by atoms with Gasteiger partial charge in [-0.2, -0.15) is 0 Å². The maximum Gasteiger partial charge on any atom is 0.305 e. The van der Waals surface area contributed by atoms with Crippen molar-refractivity contribution in [2.75, 3.05) is 60.1 Å². The molecule has 0 aliphatic rings. The zero-order chi connectivity index (χ0) is 41.2. The Morgan fingerprint density at radius 3 is 1.21 bits per heavy atom. The Bertz CT molecular complexity index is 907. The van der Waals surface area contributed by atoms with Crippen LogP contribution in [0.1, 0.15) is 206 Å². The first-order valence-corrected chi connectivity index (χ1v) is 23.6. The van der Waals surface area contributed by atoms with Gasteiger partial charge in [0.15, 0.2) is 0 Å². The summed E-state index contributed by atoms with van der Waals surface area (Å²) >= 11 is 0. The van der Waals surface area contributed by atoms with Crippen molar-refractivity contribution in [1.82, 2.24) is 4.90 Å². The van der Waals surface area contributed by atoms with Crippen LogP contribution in [-0.2, 0) is 23.9 Å². The number of quaternary nitrogens is 1. The molecule has 0 atom stereocenters. The van der Waals surface area contributed by atoms with Crippen molar-refractivity contribution >= 4 is 17.8 Å². The maximum absolute atomic E-state index is 13.2. The summed E-state index contributed by atoms with van der Waals surface area (Å²) in [5.74, 6) is -0.468. The van der Waals surface area contributed by atoms with Crippen LogP contribution in [0.15, 0.2) is 24.3 Å². The molecule has 0 aromatic heterocycles. The van der Waals surface area contributed by atoms with E-state index in [1.807, 2.05) is 14.1 Å². The fourth-order valence-corrected chi connectivity index (χ4v) is 6.92. The predicted octanol–water partition coefficient (Wildman–Crippen LogP) is 11.8. The number of ether oxygens (including phenoxy) is 2. The zero-order valence-electron chi connectivity index (χ0n) is 37.4. The highest BCUT2D eigenvalue weighted by Gasteiger charge is 2.19. The predicted molar refractivity (Wildman–Crippen MR) is 236 cm³/mol. The molecule has 0 fully saturated rings. The molecule has 0 bridgehead atoms. The Morgan fingerprint density at radius 1 is 0.482 bits per heavy atom. The first-order chi connectivity index (χ1) is 27.3. The van der Waals surface area contributed by atoms with Crippen molar-refractivity contribution < 1.29 is 33.4 Å². The molecule has 0 aromatic carbocycles. The monoisotopic (exact) mass is 792 g/mol. The Labute approximate surface area is 346 Å². The second-order valence-electron chi connectivity index (χ2n) is 16.7. The number of aliphatic hydroxyl groups excluding tert-OH is 1. The van der Waals surface area contributed by atoms with E-state index in [9.17, 15) is 19.5 Å². The number of rotatable bonds is 42. The highest BCUT2D eigenvalue weighted by atomic mass is 16.5. The molecule has 0 aromatic rings. The van der Waals surface area contributed by atoms with Crippen LogP contribution in [0.2, 0.25) is 0 Å². The molecule has 0 rings (SSSR count). The van der Waals surface area contributed by atoms with Gasteiger partial charge in [0.05, 0.1) is 40.3 Å². The molecule has 0 radical (unpaired) electrons. The first kappa shape index (κ1) is 53.8. The number of carbonyl (C=O) groups is 3.